The van der Waals surface area contributed by atoms with Crippen molar-refractivity contribution in [1.29, 1.82) is 5.53 Å². The molecule has 1 atom stereocenters. The number of piperidine rings is 1. The summed E-state index contributed by atoms with van der Waals surface area (Å²) in [4.78, 5) is 47.9. The second kappa shape index (κ2) is 28.0. The zero-order chi connectivity index (χ0) is 38.2. The molecule has 17 nitrogen and oxygen atoms in total. The molecule has 2 heterocycles. The number of carbonyl (C=O) groups excluding carboxylic acids is 3. The van der Waals surface area contributed by atoms with Crippen LogP contribution in [0.15, 0.2) is 20.2 Å². The molecule has 52 heavy (non-hydrogen) atoms. The van der Waals surface area contributed by atoms with Gasteiger partial charge in [0, 0.05) is 45.9 Å². The summed E-state index contributed by atoms with van der Waals surface area (Å²) in [5.41, 5.74) is 6.01. The summed E-state index contributed by atoms with van der Waals surface area (Å²) < 4.78 is 4.80. The van der Waals surface area contributed by atoms with E-state index in [1.54, 1.807) is 6.92 Å². The first kappa shape index (κ1) is 43.1. The third-order valence-corrected chi connectivity index (χ3v) is 6.51. The number of ketones is 1. The summed E-state index contributed by atoms with van der Waals surface area (Å²) in [6, 6.07) is 0. The maximum atomic E-state index is 12.5. The van der Waals surface area contributed by atoms with E-state index < -0.39 is 0 Å². The van der Waals surface area contributed by atoms with Crippen LogP contribution in [-0.4, -0.2) is 61.6 Å². The molecule has 1 saturated heterocycles. The van der Waals surface area contributed by atoms with Crippen LogP contribution in [0.4, 0.5) is 0 Å². The average molecular weight is 728 g/mol. The molecule has 1 saturated carbocycles. The number of nitrogens with one attached hydrogen (secondary N) is 2. The van der Waals surface area contributed by atoms with Gasteiger partial charge in [0.1, 0.15) is 0 Å². The predicted molar refractivity (Wildman–Crippen MR) is 201 cm³/mol. The van der Waals surface area contributed by atoms with Gasteiger partial charge in [0.15, 0.2) is 5.82 Å². The molecule has 1 aromatic rings. The largest absolute Gasteiger partial charge is 0.348 e. The number of rotatable bonds is 10. The molecule has 2 aliphatic rings. The van der Waals surface area contributed by atoms with E-state index in [1.807, 2.05) is 4.90 Å². The standard InChI is InChI=1S/C18H26N4O4.C17H4.H3N5O4.10H2/c1-12(23)18-20-15(21-26-18)9-19-17(25)14-7-8-16(24)22(11-14)10-13-5-3-2-4-6-13;1-3-5-7-9-11-13-15-17-16-14-12-10-8-6-4-2;1-2-3-4-5(8-6)9-7;;;;;;;;;;/h13-14H,2-11H2,1H3,(H,19,25);1H,2H3;1,6-7H;10*1H/b;;2-1?,4-3+;;;;;;;;;;. The number of likely N-dealkylation sites (tertiary alicyclic amines) is 1. The highest BCUT2D eigenvalue weighted by Gasteiger charge is 2.31. The number of nitrogens with zero attached hydrogens (tertiary/aromatic N) is 7. The topological polar surface area (TPSA) is 228 Å². The Balaban J connectivity index is -0.0000000835. The number of terminal acetylenes is 1. The second-order valence-corrected chi connectivity index (χ2v) is 10.0. The fourth-order valence-electron chi connectivity index (χ4n) is 4.31. The monoisotopic (exact) mass is 727 g/mol. The molecule has 2 fully saturated rings. The van der Waals surface area contributed by atoms with Gasteiger partial charge in [-0.25, -0.2) is 10.5 Å². The van der Waals surface area contributed by atoms with Gasteiger partial charge in [0.2, 0.25) is 17.6 Å². The molecule has 286 valence electrons. The van der Waals surface area contributed by atoms with Crippen molar-refractivity contribution < 1.29 is 53.7 Å². The van der Waals surface area contributed by atoms with Gasteiger partial charge in [0.05, 0.1) is 17.8 Å². The minimum absolute atomic E-state index is 0. The lowest BCUT2D eigenvalue weighted by molar-refractivity contribution is -0.587. The predicted octanol–water partition coefficient (Wildman–Crippen LogP) is 5.24. The Hall–Kier alpha value is -6.93. The van der Waals surface area contributed by atoms with E-state index >= 15 is 0 Å². The third-order valence-electron chi connectivity index (χ3n) is 6.51. The van der Waals surface area contributed by atoms with Crippen molar-refractivity contribution in [3.8, 4) is 95.2 Å². The van der Waals surface area contributed by atoms with Gasteiger partial charge < -0.3 is 14.7 Å². The van der Waals surface area contributed by atoms with Gasteiger partial charge in [-0.2, -0.15) is 10.5 Å². The van der Waals surface area contributed by atoms with Gasteiger partial charge in [0.25, 0.3) is 5.89 Å². The van der Waals surface area contributed by atoms with Crippen molar-refractivity contribution in [3.05, 3.63) is 11.7 Å². The van der Waals surface area contributed by atoms with Crippen molar-refractivity contribution in [3.63, 3.8) is 0 Å². The lowest BCUT2D eigenvalue weighted by Gasteiger charge is -2.35. The molecule has 0 radical (unpaired) electrons. The van der Waals surface area contributed by atoms with Crippen LogP contribution >= 0.6 is 0 Å². The maximum absolute atomic E-state index is 12.5. The van der Waals surface area contributed by atoms with E-state index in [1.165, 1.54) is 39.0 Å². The van der Waals surface area contributed by atoms with Crippen molar-refractivity contribution in [1.82, 2.24) is 25.7 Å². The third kappa shape index (κ3) is 19.8. The smallest absolute Gasteiger partial charge is 0.293 e. The van der Waals surface area contributed by atoms with Crippen molar-refractivity contribution in [2.45, 2.75) is 65.3 Å². The van der Waals surface area contributed by atoms with Gasteiger partial charge in [-0.1, -0.05) is 40.3 Å². The lowest BCUT2D eigenvalue weighted by Crippen LogP contribution is -2.47. The van der Waals surface area contributed by atoms with Crippen LogP contribution in [0.1, 0.15) is 89.6 Å². The normalized spacial score (nSPS) is 13.8. The summed E-state index contributed by atoms with van der Waals surface area (Å²) in [5.74, 6) is 37.2. The van der Waals surface area contributed by atoms with E-state index in [9.17, 15) is 14.4 Å². The molecule has 17 heteroatoms. The highest BCUT2D eigenvalue weighted by Crippen LogP contribution is 2.27. The molecule has 0 spiro atoms. The minimum Gasteiger partial charge on any atom is -0.348 e. The molecule has 1 aromatic heterocycles. The van der Waals surface area contributed by atoms with Crippen molar-refractivity contribution in [2.24, 2.45) is 27.5 Å². The van der Waals surface area contributed by atoms with Crippen molar-refractivity contribution in [2.75, 3.05) is 13.1 Å². The minimum atomic E-state index is -0.306. The highest BCUT2D eigenvalue weighted by molar-refractivity contribution is 5.89. The molecular weight excluding hydrogens is 674 g/mol. The Kier molecular flexibility index (Phi) is 23.2. The zero-order valence-electron chi connectivity index (χ0n) is 28.3. The van der Waals surface area contributed by atoms with Crippen LogP contribution < -0.4 is 5.32 Å². The van der Waals surface area contributed by atoms with Gasteiger partial charge in [-0.15, -0.1) is 6.42 Å². The molecule has 1 unspecified atom stereocenters. The Morgan fingerprint density at radius 1 is 1.00 bits per heavy atom. The SMILES string of the molecule is C#CC#CC#CC#CC#CC#CC#CC#CC.CC(=O)c1nc(CNC(=O)C2CCC(=O)N(CC3CCCCC3)C2)no1.N=N/N=N/N(OO)OO.[HH].[HH].[HH].[HH].[HH].[HH].[HH].[HH].[HH].[HH]. The first-order valence-electron chi connectivity index (χ1n) is 15.3. The Morgan fingerprint density at radius 3 is 2.08 bits per heavy atom. The first-order chi connectivity index (χ1) is 25.3. The molecule has 1 aliphatic heterocycles. The number of aromatic nitrogens is 2. The summed E-state index contributed by atoms with van der Waals surface area (Å²) in [7, 11) is 0. The Labute approximate surface area is 315 Å². The van der Waals surface area contributed by atoms with E-state index in [0.29, 0.717) is 25.3 Å². The van der Waals surface area contributed by atoms with Crippen LogP contribution in [0, 0.1) is 113 Å². The summed E-state index contributed by atoms with van der Waals surface area (Å²) in [6.45, 7) is 4.41. The average Bonchev–Trinajstić information content (AvgIpc) is 3.65. The van der Waals surface area contributed by atoms with Gasteiger partial charge >= 0.3 is 0 Å². The number of amides is 2. The fraction of sp³-hybridized carbons (Fsp3) is 0.400. The van der Waals surface area contributed by atoms with Gasteiger partial charge in [-0.05, 0) is 125 Å². The quantitative estimate of drug-likeness (QED) is 0.0801. The Morgan fingerprint density at radius 2 is 1.58 bits per heavy atom. The van der Waals surface area contributed by atoms with E-state index in [4.69, 9.17) is 27.0 Å². The number of carbonyl (C=O) groups is 3. The van der Waals surface area contributed by atoms with E-state index in [-0.39, 0.29) is 61.4 Å². The lowest BCUT2D eigenvalue weighted by atomic mass is 9.87. The number of Topliss-reactive ketones (excluding diaryl/α,β-unsaturated/α-hetero) is 1. The highest BCUT2D eigenvalue weighted by atomic mass is 17.4. The van der Waals surface area contributed by atoms with Crippen LogP contribution in [0.25, 0.3) is 0 Å². The molecule has 2 amide bonds. The van der Waals surface area contributed by atoms with Gasteiger partial charge in [-0.3, -0.25) is 14.4 Å². The fourth-order valence-corrected chi connectivity index (χ4v) is 4.31. The molecular formula is C35H53N9O8. The molecule has 3 rings (SSSR count). The van der Waals surface area contributed by atoms with E-state index in [0.717, 1.165) is 6.54 Å². The van der Waals surface area contributed by atoms with Crippen LogP contribution in [0.2, 0.25) is 0 Å². The van der Waals surface area contributed by atoms with Crippen LogP contribution in [0.3, 0.4) is 0 Å². The number of hydrogen-bond donors (Lipinski definition) is 4. The Bertz CT molecular complexity index is 1930. The van der Waals surface area contributed by atoms with Crippen LogP contribution in [-0.2, 0) is 26.1 Å². The van der Waals surface area contributed by atoms with E-state index in [2.05, 4.69) is 130 Å². The molecule has 1 aliphatic carbocycles. The second-order valence-electron chi connectivity index (χ2n) is 10.0. The van der Waals surface area contributed by atoms with Crippen molar-refractivity contribution >= 4 is 17.6 Å². The molecule has 0 aromatic carbocycles. The molecule has 4 N–H and O–H groups in total. The summed E-state index contributed by atoms with van der Waals surface area (Å²) >= 11 is 0. The zero-order valence-corrected chi connectivity index (χ0v) is 28.3. The number of hydrogen-bond acceptors (Lipinski definition) is 12. The molecule has 0 bridgehead atoms. The summed E-state index contributed by atoms with van der Waals surface area (Å²) in [6.07, 6.45) is 12.0. The maximum Gasteiger partial charge on any atom is 0.293 e. The first-order valence-corrected chi connectivity index (χ1v) is 15.3. The summed E-state index contributed by atoms with van der Waals surface area (Å²) in [5, 5.41) is 29.1. The van der Waals surface area contributed by atoms with Crippen LogP contribution in [0.5, 0.6) is 0 Å².